The lowest BCUT2D eigenvalue weighted by Crippen LogP contribution is -2.49. The van der Waals surface area contributed by atoms with Gasteiger partial charge in [-0.05, 0) is 50.2 Å². The lowest BCUT2D eigenvalue weighted by atomic mass is 9.99. The molecule has 0 saturated heterocycles. The number of hydrogen-bond acceptors (Lipinski definition) is 6. The summed E-state index contributed by atoms with van der Waals surface area (Å²) in [6, 6.07) is 17.7. The van der Waals surface area contributed by atoms with Crippen LogP contribution in [0.3, 0.4) is 0 Å². The van der Waals surface area contributed by atoms with Crippen LogP contribution in [-0.2, 0) is 6.54 Å². The molecule has 196 valence electrons. The Morgan fingerprint density at radius 1 is 1.19 bits per heavy atom. The van der Waals surface area contributed by atoms with E-state index in [1.165, 1.54) is 11.1 Å². The molecule has 1 aliphatic rings. The number of methoxy groups -OCH3 is 1. The topological polar surface area (TPSA) is 75.1 Å². The van der Waals surface area contributed by atoms with Gasteiger partial charge in [-0.25, -0.2) is 4.98 Å². The molecule has 1 aliphatic heterocycles. The first-order valence-electron chi connectivity index (χ1n) is 12.8. The predicted octanol–water partition coefficient (Wildman–Crippen LogP) is 4.42. The standard InChI is InChI=1S/C30H37N3O4/c1-20-8-6-9-23(12-20)17-32(4)18-28-21(2)16-33(22(3)19-34)30(35)27-14-25(15-31-29(27)37-28)24-10-7-11-26(13-24)36-5/h6-15,21-22,28,34H,16-19H2,1-5H3/t21-,22+,28-/m0/s1. The fourth-order valence-electron chi connectivity index (χ4n) is 4.77. The van der Waals surface area contributed by atoms with Crippen molar-refractivity contribution in [2.24, 2.45) is 5.92 Å². The summed E-state index contributed by atoms with van der Waals surface area (Å²) in [4.78, 5) is 22.3. The largest absolute Gasteiger partial charge is 0.497 e. The van der Waals surface area contributed by atoms with E-state index in [1.807, 2.05) is 37.3 Å². The Hall–Kier alpha value is -3.42. The van der Waals surface area contributed by atoms with Crippen molar-refractivity contribution in [1.29, 1.82) is 0 Å². The molecular formula is C30H37N3O4. The number of hydrogen-bond donors (Lipinski definition) is 1. The smallest absolute Gasteiger partial charge is 0.259 e. The summed E-state index contributed by atoms with van der Waals surface area (Å²) in [5.74, 6) is 0.901. The van der Waals surface area contributed by atoms with Gasteiger partial charge in [0.15, 0.2) is 0 Å². The molecule has 0 aliphatic carbocycles. The number of amides is 1. The minimum absolute atomic E-state index is 0.0333. The summed E-state index contributed by atoms with van der Waals surface area (Å²) < 4.78 is 11.8. The molecule has 0 bridgehead atoms. The van der Waals surface area contributed by atoms with Crippen molar-refractivity contribution in [1.82, 2.24) is 14.8 Å². The number of rotatable bonds is 8. The molecule has 7 heteroatoms. The number of pyridine rings is 1. The van der Waals surface area contributed by atoms with Crippen LogP contribution in [0.4, 0.5) is 0 Å². The highest BCUT2D eigenvalue weighted by atomic mass is 16.5. The molecule has 0 saturated carbocycles. The Bertz CT molecular complexity index is 1230. The number of benzene rings is 2. The van der Waals surface area contributed by atoms with Crippen LogP contribution in [0.5, 0.6) is 11.6 Å². The number of carbonyl (C=O) groups excluding carboxylic acids is 1. The summed E-state index contributed by atoms with van der Waals surface area (Å²) in [6.45, 7) is 7.88. The average molecular weight is 504 g/mol. The molecule has 7 nitrogen and oxygen atoms in total. The second kappa shape index (κ2) is 11.8. The fourth-order valence-corrected chi connectivity index (χ4v) is 4.77. The number of aliphatic hydroxyl groups excluding tert-OH is 1. The van der Waals surface area contributed by atoms with E-state index in [-0.39, 0.29) is 30.6 Å². The first-order valence-corrected chi connectivity index (χ1v) is 12.8. The van der Waals surface area contributed by atoms with Crippen LogP contribution in [0.15, 0.2) is 60.8 Å². The van der Waals surface area contributed by atoms with Gasteiger partial charge in [-0.3, -0.25) is 9.69 Å². The number of aromatic nitrogens is 1. The van der Waals surface area contributed by atoms with Crippen molar-refractivity contribution < 1.29 is 19.4 Å². The first kappa shape index (κ1) is 26.6. The number of likely N-dealkylation sites (N-methyl/N-ethyl adjacent to an activating group) is 1. The lowest BCUT2D eigenvalue weighted by Gasteiger charge is -2.37. The van der Waals surface area contributed by atoms with Gasteiger partial charge in [0, 0.05) is 37.3 Å². The quantitative estimate of drug-likeness (QED) is 0.491. The molecule has 4 rings (SSSR count). The van der Waals surface area contributed by atoms with E-state index < -0.39 is 0 Å². The van der Waals surface area contributed by atoms with Crippen molar-refractivity contribution in [2.45, 2.75) is 39.5 Å². The Morgan fingerprint density at radius 2 is 1.97 bits per heavy atom. The van der Waals surface area contributed by atoms with Crippen LogP contribution in [0.2, 0.25) is 0 Å². The van der Waals surface area contributed by atoms with Gasteiger partial charge in [0.2, 0.25) is 5.88 Å². The summed E-state index contributed by atoms with van der Waals surface area (Å²) in [6.07, 6.45) is 1.55. The maximum atomic E-state index is 13.7. The minimum atomic E-state index is -0.327. The van der Waals surface area contributed by atoms with Crippen LogP contribution in [0.25, 0.3) is 11.1 Å². The zero-order chi connectivity index (χ0) is 26.5. The molecule has 0 fully saturated rings. The van der Waals surface area contributed by atoms with Crippen LogP contribution < -0.4 is 9.47 Å². The summed E-state index contributed by atoms with van der Waals surface area (Å²) in [7, 11) is 3.71. The van der Waals surface area contributed by atoms with Gasteiger partial charge < -0.3 is 19.5 Å². The third-order valence-corrected chi connectivity index (χ3v) is 6.95. The highest BCUT2D eigenvalue weighted by Gasteiger charge is 2.34. The molecule has 3 atom stereocenters. The number of ether oxygens (including phenoxy) is 2. The minimum Gasteiger partial charge on any atom is -0.497 e. The van der Waals surface area contributed by atoms with E-state index in [9.17, 15) is 9.90 Å². The average Bonchev–Trinajstić information content (AvgIpc) is 2.90. The molecule has 3 aromatic rings. The normalized spacial score (nSPS) is 18.6. The molecule has 0 unspecified atom stereocenters. The molecule has 1 amide bonds. The van der Waals surface area contributed by atoms with Gasteiger partial charge in [-0.2, -0.15) is 0 Å². The number of nitrogens with zero attached hydrogens (tertiary/aromatic N) is 3. The summed E-state index contributed by atoms with van der Waals surface area (Å²) in [5, 5.41) is 9.93. The highest BCUT2D eigenvalue weighted by molar-refractivity contribution is 5.98. The van der Waals surface area contributed by atoms with E-state index in [4.69, 9.17) is 9.47 Å². The maximum absolute atomic E-state index is 13.7. The molecule has 1 aromatic heterocycles. The molecule has 37 heavy (non-hydrogen) atoms. The Balaban J connectivity index is 1.66. The van der Waals surface area contributed by atoms with Crippen molar-refractivity contribution >= 4 is 5.91 Å². The van der Waals surface area contributed by atoms with E-state index in [0.29, 0.717) is 24.5 Å². The third-order valence-electron chi connectivity index (χ3n) is 6.95. The zero-order valence-corrected chi connectivity index (χ0v) is 22.3. The van der Waals surface area contributed by atoms with Gasteiger partial charge in [0.1, 0.15) is 17.4 Å². The zero-order valence-electron chi connectivity index (χ0n) is 22.3. The Labute approximate surface area is 219 Å². The molecular weight excluding hydrogens is 466 g/mol. The summed E-state index contributed by atoms with van der Waals surface area (Å²) >= 11 is 0. The van der Waals surface area contributed by atoms with Gasteiger partial charge in [-0.15, -0.1) is 0 Å². The van der Waals surface area contributed by atoms with Crippen LogP contribution in [0, 0.1) is 12.8 Å². The Kier molecular flexibility index (Phi) is 8.46. The summed E-state index contributed by atoms with van der Waals surface area (Å²) in [5.41, 5.74) is 4.58. The van der Waals surface area contributed by atoms with E-state index in [1.54, 1.807) is 18.2 Å². The molecule has 1 N–H and O–H groups in total. The number of aliphatic hydroxyl groups is 1. The van der Waals surface area contributed by atoms with Crippen molar-refractivity contribution in [2.75, 3.05) is 33.9 Å². The second-order valence-electron chi connectivity index (χ2n) is 10.1. The van der Waals surface area contributed by atoms with Gasteiger partial charge in [-0.1, -0.05) is 48.9 Å². The molecule has 0 radical (unpaired) electrons. The maximum Gasteiger partial charge on any atom is 0.259 e. The molecule has 2 heterocycles. The Morgan fingerprint density at radius 3 is 2.70 bits per heavy atom. The van der Waals surface area contributed by atoms with E-state index in [0.717, 1.165) is 23.4 Å². The third kappa shape index (κ3) is 6.29. The second-order valence-corrected chi connectivity index (χ2v) is 10.1. The monoisotopic (exact) mass is 503 g/mol. The SMILES string of the molecule is COc1cccc(-c2cnc3c(c2)C(=O)N([C@H](C)CO)C[C@H](C)[C@H](CN(C)Cc2cccc(C)c2)O3)c1. The van der Waals surface area contributed by atoms with E-state index in [2.05, 4.69) is 55.0 Å². The van der Waals surface area contributed by atoms with Crippen LogP contribution >= 0.6 is 0 Å². The number of fused-ring (bicyclic) bond motifs is 1. The van der Waals surface area contributed by atoms with Crippen molar-refractivity contribution in [3.63, 3.8) is 0 Å². The molecule has 0 spiro atoms. The molecule has 2 aromatic carbocycles. The number of aryl methyl sites for hydroxylation is 1. The fraction of sp³-hybridized carbons (Fsp3) is 0.400. The predicted molar refractivity (Wildman–Crippen MR) is 145 cm³/mol. The van der Waals surface area contributed by atoms with Gasteiger partial charge in [0.05, 0.1) is 19.8 Å². The van der Waals surface area contributed by atoms with Crippen molar-refractivity contribution in [3.8, 4) is 22.8 Å². The van der Waals surface area contributed by atoms with Gasteiger partial charge in [0.25, 0.3) is 5.91 Å². The van der Waals surface area contributed by atoms with Crippen molar-refractivity contribution in [3.05, 3.63) is 77.5 Å². The van der Waals surface area contributed by atoms with Crippen LogP contribution in [-0.4, -0.2) is 71.8 Å². The van der Waals surface area contributed by atoms with Crippen LogP contribution in [0.1, 0.15) is 35.3 Å². The number of carbonyl (C=O) groups is 1. The van der Waals surface area contributed by atoms with E-state index >= 15 is 0 Å². The van der Waals surface area contributed by atoms with Gasteiger partial charge >= 0.3 is 0 Å². The lowest BCUT2D eigenvalue weighted by molar-refractivity contribution is 0.0325. The first-order chi connectivity index (χ1) is 17.8. The highest BCUT2D eigenvalue weighted by Crippen LogP contribution is 2.31.